The monoisotopic (exact) mass is 329 g/mol. The third-order valence-corrected chi connectivity index (χ3v) is 4.63. The minimum atomic E-state index is -0.452. The van der Waals surface area contributed by atoms with Crippen molar-refractivity contribution >= 4 is 23.0 Å². The number of para-hydroxylation sites is 2. The number of fused-ring (bicyclic) bond motifs is 1. The van der Waals surface area contributed by atoms with Gasteiger partial charge < -0.3 is 20.5 Å². The molecule has 24 heavy (non-hydrogen) atoms. The molecule has 1 aliphatic heterocycles. The molecule has 1 aromatic heterocycles. The molecule has 0 spiro atoms. The predicted molar refractivity (Wildman–Crippen MR) is 91.3 cm³/mol. The fraction of sp³-hybridized carbons (Fsp3) is 0.471. The number of amides is 3. The van der Waals surface area contributed by atoms with E-state index in [0.29, 0.717) is 26.1 Å². The van der Waals surface area contributed by atoms with Gasteiger partial charge in [-0.25, -0.2) is 9.78 Å². The van der Waals surface area contributed by atoms with Crippen LogP contribution in [0.2, 0.25) is 0 Å². The van der Waals surface area contributed by atoms with Gasteiger partial charge in [0.05, 0.1) is 17.0 Å². The van der Waals surface area contributed by atoms with Gasteiger partial charge in [-0.2, -0.15) is 0 Å². The quantitative estimate of drug-likeness (QED) is 0.877. The van der Waals surface area contributed by atoms with Crippen molar-refractivity contribution in [2.75, 3.05) is 19.6 Å². The highest BCUT2D eigenvalue weighted by molar-refractivity contribution is 5.80. The van der Waals surface area contributed by atoms with Gasteiger partial charge in [0.25, 0.3) is 0 Å². The average Bonchev–Trinajstić information content (AvgIpc) is 2.91. The first kappa shape index (κ1) is 16.3. The zero-order valence-corrected chi connectivity index (χ0v) is 13.9. The van der Waals surface area contributed by atoms with Gasteiger partial charge in [0.1, 0.15) is 5.82 Å². The molecular weight excluding hydrogens is 306 g/mol. The van der Waals surface area contributed by atoms with Crippen molar-refractivity contribution in [1.82, 2.24) is 19.8 Å². The summed E-state index contributed by atoms with van der Waals surface area (Å²) in [5.74, 6) is 0.755. The molecule has 1 fully saturated rings. The molecule has 1 atom stereocenters. The second-order valence-corrected chi connectivity index (χ2v) is 6.24. The molecule has 3 amide bonds. The Balaban J connectivity index is 1.54. The summed E-state index contributed by atoms with van der Waals surface area (Å²) in [5, 5.41) is 2.96. The summed E-state index contributed by atoms with van der Waals surface area (Å²) in [6.07, 6.45) is 2.27. The number of aromatic nitrogens is 2. The molecule has 1 saturated heterocycles. The summed E-state index contributed by atoms with van der Waals surface area (Å²) < 4.78 is 2.05. The summed E-state index contributed by atoms with van der Waals surface area (Å²) in [4.78, 5) is 29.7. The molecule has 1 aromatic carbocycles. The minimum absolute atomic E-state index is 0.0142. The summed E-state index contributed by atoms with van der Waals surface area (Å²) in [7, 11) is 1.98. The Morgan fingerprint density at radius 3 is 2.92 bits per heavy atom. The molecule has 0 bridgehead atoms. The van der Waals surface area contributed by atoms with Crippen molar-refractivity contribution in [3.8, 4) is 0 Å². The predicted octanol–water partition coefficient (Wildman–Crippen LogP) is 1.02. The lowest BCUT2D eigenvalue weighted by molar-refractivity contribution is -0.126. The summed E-state index contributed by atoms with van der Waals surface area (Å²) in [6.45, 7) is 1.58. The lowest BCUT2D eigenvalue weighted by Crippen LogP contribution is -2.47. The second-order valence-electron chi connectivity index (χ2n) is 6.24. The molecule has 2 aromatic rings. The van der Waals surface area contributed by atoms with Gasteiger partial charge in [0.15, 0.2) is 0 Å². The van der Waals surface area contributed by atoms with Gasteiger partial charge in [-0.3, -0.25) is 4.79 Å². The standard InChI is InChI=1S/C17H23N5O2/c1-21-14-7-3-2-6-13(14)20-15(21)8-9-19-16(23)12-5-4-10-22(11-12)17(18)24/h2-3,6-7,12H,4-5,8-11H2,1H3,(H2,18,24)(H,19,23)/t12-/m0/s1. The Hall–Kier alpha value is -2.57. The molecule has 2 heterocycles. The largest absolute Gasteiger partial charge is 0.355 e. The van der Waals surface area contributed by atoms with Crippen LogP contribution in [-0.2, 0) is 18.3 Å². The Kier molecular flexibility index (Phi) is 4.69. The number of hydrogen-bond donors (Lipinski definition) is 2. The molecule has 0 unspecified atom stereocenters. The molecule has 0 radical (unpaired) electrons. The van der Waals surface area contributed by atoms with Crippen LogP contribution in [0.4, 0.5) is 4.79 Å². The average molecular weight is 329 g/mol. The lowest BCUT2D eigenvalue weighted by atomic mass is 9.97. The lowest BCUT2D eigenvalue weighted by Gasteiger charge is -2.30. The van der Waals surface area contributed by atoms with E-state index in [1.54, 1.807) is 4.90 Å². The van der Waals surface area contributed by atoms with E-state index < -0.39 is 6.03 Å². The number of carbonyl (C=O) groups excluding carboxylic acids is 2. The van der Waals surface area contributed by atoms with Gasteiger partial charge in [0.2, 0.25) is 5.91 Å². The van der Waals surface area contributed by atoms with Crippen molar-refractivity contribution in [2.45, 2.75) is 19.3 Å². The summed E-state index contributed by atoms with van der Waals surface area (Å²) >= 11 is 0. The van der Waals surface area contributed by atoms with Crippen molar-refractivity contribution in [1.29, 1.82) is 0 Å². The van der Waals surface area contributed by atoms with Crippen LogP contribution in [-0.4, -0.2) is 46.0 Å². The third kappa shape index (κ3) is 3.34. The van der Waals surface area contributed by atoms with E-state index >= 15 is 0 Å². The topological polar surface area (TPSA) is 93.3 Å². The van der Waals surface area contributed by atoms with Crippen molar-refractivity contribution in [3.05, 3.63) is 30.1 Å². The zero-order valence-electron chi connectivity index (χ0n) is 13.9. The van der Waals surface area contributed by atoms with E-state index in [9.17, 15) is 9.59 Å². The normalized spacial score (nSPS) is 17.9. The summed E-state index contributed by atoms with van der Waals surface area (Å²) in [5.41, 5.74) is 7.35. The van der Waals surface area contributed by atoms with Crippen molar-refractivity contribution < 1.29 is 9.59 Å². The molecule has 7 heteroatoms. The number of imidazole rings is 1. The Morgan fingerprint density at radius 2 is 2.17 bits per heavy atom. The maximum absolute atomic E-state index is 12.3. The van der Waals surface area contributed by atoms with E-state index in [0.717, 1.165) is 29.7 Å². The van der Waals surface area contributed by atoms with Crippen LogP contribution in [0.3, 0.4) is 0 Å². The zero-order chi connectivity index (χ0) is 17.1. The highest BCUT2D eigenvalue weighted by Crippen LogP contribution is 2.17. The molecule has 3 N–H and O–H groups in total. The minimum Gasteiger partial charge on any atom is -0.355 e. The third-order valence-electron chi connectivity index (χ3n) is 4.63. The van der Waals surface area contributed by atoms with Gasteiger partial charge in [-0.15, -0.1) is 0 Å². The van der Waals surface area contributed by atoms with Gasteiger partial charge in [-0.1, -0.05) is 12.1 Å². The van der Waals surface area contributed by atoms with Crippen molar-refractivity contribution in [2.24, 2.45) is 18.7 Å². The Morgan fingerprint density at radius 1 is 1.38 bits per heavy atom. The van der Waals surface area contributed by atoms with Crippen LogP contribution in [0, 0.1) is 5.92 Å². The number of benzene rings is 1. The number of primary amides is 1. The van der Waals surface area contributed by atoms with E-state index in [1.807, 2.05) is 31.3 Å². The molecule has 128 valence electrons. The van der Waals surface area contributed by atoms with Crippen LogP contribution in [0.25, 0.3) is 11.0 Å². The molecule has 7 nitrogen and oxygen atoms in total. The first-order valence-corrected chi connectivity index (χ1v) is 8.28. The first-order chi connectivity index (χ1) is 11.6. The number of likely N-dealkylation sites (tertiary alicyclic amines) is 1. The van der Waals surface area contributed by atoms with Gasteiger partial charge in [-0.05, 0) is 25.0 Å². The number of hydrogen-bond acceptors (Lipinski definition) is 3. The van der Waals surface area contributed by atoms with Crippen LogP contribution in [0.5, 0.6) is 0 Å². The van der Waals surface area contributed by atoms with E-state index in [4.69, 9.17) is 5.73 Å². The molecule has 3 rings (SSSR count). The van der Waals surface area contributed by atoms with E-state index in [1.165, 1.54) is 0 Å². The summed E-state index contributed by atoms with van der Waals surface area (Å²) in [6, 6.07) is 7.52. The fourth-order valence-corrected chi connectivity index (χ4v) is 3.25. The maximum atomic E-state index is 12.3. The van der Waals surface area contributed by atoms with Crippen LogP contribution >= 0.6 is 0 Å². The highest BCUT2D eigenvalue weighted by Gasteiger charge is 2.27. The smallest absolute Gasteiger partial charge is 0.314 e. The number of aryl methyl sites for hydroxylation is 1. The van der Waals surface area contributed by atoms with E-state index in [-0.39, 0.29) is 11.8 Å². The van der Waals surface area contributed by atoms with Crippen molar-refractivity contribution in [3.63, 3.8) is 0 Å². The van der Waals surface area contributed by atoms with Crippen LogP contribution in [0.1, 0.15) is 18.7 Å². The second kappa shape index (κ2) is 6.90. The number of nitrogens with one attached hydrogen (secondary N) is 1. The first-order valence-electron chi connectivity index (χ1n) is 8.28. The van der Waals surface area contributed by atoms with E-state index in [2.05, 4.69) is 14.9 Å². The highest BCUT2D eigenvalue weighted by atomic mass is 16.2. The number of piperidine rings is 1. The molecule has 0 saturated carbocycles. The maximum Gasteiger partial charge on any atom is 0.314 e. The van der Waals surface area contributed by atoms with Crippen LogP contribution < -0.4 is 11.1 Å². The fourth-order valence-electron chi connectivity index (χ4n) is 3.25. The number of rotatable bonds is 4. The number of nitrogens with two attached hydrogens (primary N) is 1. The SMILES string of the molecule is Cn1c(CCNC(=O)[C@H]2CCCN(C(N)=O)C2)nc2ccccc21. The Bertz CT molecular complexity index is 755. The van der Waals surface area contributed by atoms with Gasteiger partial charge in [0, 0.05) is 33.1 Å². The number of nitrogens with zero attached hydrogens (tertiary/aromatic N) is 3. The van der Waals surface area contributed by atoms with Gasteiger partial charge >= 0.3 is 6.03 Å². The van der Waals surface area contributed by atoms with Crippen LogP contribution in [0.15, 0.2) is 24.3 Å². The number of carbonyl (C=O) groups is 2. The molecule has 0 aliphatic carbocycles. The number of urea groups is 1. The molecule has 1 aliphatic rings. The molecular formula is C17H23N5O2. The Labute approximate surface area is 140 Å².